The number of sulfone groups is 1. The van der Waals surface area contributed by atoms with E-state index in [1.54, 1.807) is 13.8 Å². The first kappa shape index (κ1) is 19.2. The summed E-state index contributed by atoms with van der Waals surface area (Å²) in [5, 5.41) is 14.5. The van der Waals surface area contributed by atoms with Gasteiger partial charge >= 0.3 is 6.09 Å². The average molecular weight is 334 g/mol. The maximum absolute atomic E-state index is 12.3. The monoisotopic (exact) mass is 334 g/mol. The summed E-state index contributed by atoms with van der Waals surface area (Å²) >= 11 is 0. The van der Waals surface area contributed by atoms with Gasteiger partial charge in [-0.15, -0.1) is 0 Å². The fourth-order valence-electron chi connectivity index (χ4n) is 2.99. The topological polar surface area (TPSA) is 95.5 Å². The summed E-state index contributed by atoms with van der Waals surface area (Å²) in [7, 11) is -3.15. The first-order chi connectivity index (χ1) is 9.90. The highest BCUT2D eigenvalue weighted by Gasteiger charge is 2.36. The van der Waals surface area contributed by atoms with Crippen molar-refractivity contribution in [1.82, 2.24) is 10.6 Å². The van der Waals surface area contributed by atoms with Crippen molar-refractivity contribution < 1.29 is 18.3 Å². The highest BCUT2D eigenvalue weighted by Crippen LogP contribution is 2.28. The average Bonchev–Trinajstić information content (AvgIpc) is 2.29. The van der Waals surface area contributed by atoms with Crippen LogP contribution in [0.5, 0.6) is 0 Å². The van der Waals surface area contributed by atoms with Gasteiger partial charge in [0.05, 0.1) is 11.0 Å². The summed E-state index contributed by atoms with van der Waals surface area (Å²) in [6.07, 6.45) is 1.03. The van der Waals surface area contributed by atoms with E-state index in [4.69, 9.17) is 5.11 Å². The van der Waals surface area contributed by atoms with E-state index < -0.39 is 21.2 Å². The molecule has 3 atom stereocenters. The second kappa shape index (κ2) is 7.17. The van der Waals surface area contributed by atoms with Crippen LogP contribution in [0.3, 0.4) is 0 Å². The number of hydrogen-bond acceptors (Lipinski definition) is 4. The van der Waals surface area contributed by atoms with Gasteiger partial charge in [0.1, 0.15) is 0 Å². The molecule has 0 aromatic heterocycles. The molecule has 1 aliphatic carbocycles. The fourth-order valence-corrected chi connectivity index (χ4v) is 4.34. The van der Waals surface area contributed by atoms with E-state index in [1.165, 1.54) is 0 Å². The van der Waals surface area contributed by atoms with Crippen molar-refractivity contribution in [1.29, 1.82) is 0 Å². The zero-order valence-corrected chi connectivity index (χ0v) is 15.0. The minimum absolute atomic E-state index is 0.0720. The number of carboxylic acid groups (broad SMARTS) is 1. The first-order valence-corrected chi connectivity index (χ1v) is 9.61. The van der Waals surface area contributed by atoms with Crippen LogP contribution in [0.2, 0.25) is 0 Å². The van der Waals surface area contributed by atoms with E-state index in [9.17, 15) is 13.2 Å². The Kier molecular flexibility index (Phi) is 6.27. The van der Waals surface area contributed by atoms with Crippen molar-refractivity contribution in [3.63, 3.8) is 0 Å². The SMILES string of the molecule is CC(C)S(=O)(=O)C[C@@H]1CC(NC(=O)O)CC[C@@H]1NC(C)(C)C. The van der Waals surface area contributed by atoms with Gasteiger partial charge in [-0.1, -0.05) is 0 Å². The summed E-state index contributed by atoms with van der Waals surface area (Å²) in [6, 6.07) is -0.0664. The lowest BCUT2D eigenvalue weighted by atomic mass is 9.81. The summed E-state index contributed by atoms with van der Waals surface area (Å²) < 4.78 is 24.5. The second-order valence-corrected chi connectivity index (χ2v) is 10.2. The van der Waals surface area contributed by atoms with Crippen molar-refractivity contribution in [3.8, 4) is 0 Å². The van der Waals surface area contributed by atoms with E-state index in [0.29, 0.717) is 6.42 Å². The lowest BCUT2D eigenvalue weighted by Crippen LogP contribution is -2.54. The standard InChI is InChI=1S/C15H30N2O4S/c1-10(2)22(20,21)9-11-8-12(16-14(18)19)6-7-13(11)17-15(3,4)5/h10-13,16-17H,6-9H2,1-5H3,(H,18,19)/t11-,12?,13-/m0/s1. The second-order valence-electron chi connectivity index (χ2n) is 7.60. The van der Waals surface area contributed by atoms with Gasteiger partial charge in [0.25, 0.3) is 0 Å². The molecule has 0 heterocycles. The molecule has 6 nitrogen and oxygen atoms in total. The predicted molar refractivity (Wildman–Crippen MR) is 87.9 cm³/mol. The molecular formula is C15H30N2O4S. The van der Waals surface area contributed by atoms with Crippen molar-refractivity contribution in [2.75, 3.05) is 5.75 Å². The largest absolute Gasteiger partial charge is 0.465 e. The van der Waals surface area contributed by atoms with Crippen LogP contribution in [-0.4, -0.2) is 48.2 Å². The Balaban J connectivity index is 2.86. The Bertz CT molecular complexity index is 482. The molecule has 1 rings (SSSR count). The van der Waals surface area contributed by atoms with Gasteiger partial charge in [-0.25, -0.2) is 13.2 Å². The van der Waals surface area contributed by atoms with Crippen LogP contribution >= 0.6 is 0 Å². The lowest BCUT2D eigenvalue weighted by Gasteiger charge is -2.40. The van der Waals surface area contributed by atoms with E-state index in [0.717, 1.165) is 12.8 Å². The minimum atomic E-state index is -3.15. The molecular weight excluding hydrogens is 304 g/mol. The van der Waals surface area contributed by atoms with Gasteiger partial charge in [0.15, 0.2) is 9.84 Å². The first-order valence-electron chi connectivity index (χ1n) is 7.89. The van der Waals surface area contributed by atoms with Gasteiger partial charge in [-0.2, -0.15) is 0 Å². The molecule has 7 heteroatoms. The molecule has 0 bridgehead atoms. The Hall–Kier alpha value is -0.820. The third kappa shape index (κ3) is 6.12. The van der Waals surface area contributed by atoms with Crippen LogP contribution in [0, 0.1) is 5.92 Å². The molecule has 0 spiro atoms. The van der Waals surface area contributed by atoms with E-state index in [1.807, 2.05) is 0 Å². The van der Waals surface area contributed by atoms with Crippen molar-refractivity contribution >= 4 is 15.9 Å². The Morgan fingerprint density at radius 2 is 1.86 bits per heavy atom. The molecule has 3 N–H and O–H groups in total. The van der Waals surface area contributed by atoms with Crippen LogP contribution < -0.4 is 10.6 Å². The number of amides is 1. The van der Waals surface area contributed by atoms with Crippen molar-refractivity contribution in [2.45, 2.75) is 76.8 Å². The predicted octanol–water partition coefficient (Wildman–Crippen LogP) is 2.00. The lowest BCUT2D eigenvalue weighted by molar-refractivity contribution is 0.169. The zero-order chi connectivity index (χ0) is 17.1. The van der Waals surface area contributed by atoms with Gasteiger partial charge < -0.3 is 15.7 Å². The smallest absolute Gasteiger partial charge is 0.404 e. The van der Waals surface area contributed by atoms with Gasteiger partial charge in [-0.05, 0) is 59.8 Å². The summed E-state index contributed by atoms with van der Waals surface area (Å²) in [5.41, 5.74) is -0.0996. The molecule has 1 aliphatic rings. The quantitative estimate of drug-likeness (QED) is 0.715. The van der Waals surface area contributed by atoms with Crippen molar-refractivity contribution in [3.05, 3.63) is 0 Å². The summed E-state index contributed by atoms with van der Waals surface area (Å²) in [6.45, 7) is 9.56. The molecule has 22 heavy (non-hydrogen) atoms. The van der Waals surface area contributed by atoms with E-state index in [2.05, 4.69) is 31.4 Å². The molecule has 0 aliphatic heterocycles. The molecule has 0 aromatic carbocycles. The molecule has 0 aromatic rings. The normalized spacial score (nSPS) is 26.9. The molecule has 1 saturated carbocycles. The van der Waals surface area contributed by atoms with Crippen LogP contribution in [-0.2, 0) is 9.84 Å². The number of nitrogens with one attached hydrogen (secondary N) is 2. The van der Waals surface area contributed by atoms with E-state index in [-0.39, 0.29) is 29.3 Å². The molecule has 1 amide bonds. The van der Waals surface area contributed by atoms with Crippen LogP contribution in [0.15, 0.2) is 0 Å². The van der Waals surface area contributed by atoms with Crippen LogP contribution in [0.1, 0.15) is 53.9 Å². The highest BCUT2D eigenvalue weighted by atomic mass is 32.2. The highest BCUT2D eigenvalue weighted by molar-refractivity contribution is 7.91. The number of carbonyl (C=O) groups is 1. The number of hydrogen-bond donors (Lipinski definition) is 3. The zero-order valence-electron chi connectivity index (χ0n) is 14.2. The van der Waals surface area contributed by atoms with Crippen LogP contribution in [0.25, 0.3) is 0 Å². The molecule has 1 fully saturated rings. The van der Waals surface area contributed by atoms with Gasteiger partial charge in [0.2, 0.25) is 0 Å². The van der Waals surface area contributed by atoms with E-state index >= 15 is 0 Å². The maximum Gasteiger partial charge on any atom is 0.404 e. The molecule has 0 radical (unpaired) electrons. The fraction of sp³-hybridized carbons (Fsp3) is 0.933. The summed E-state index contributed by atoms with van der Waals surface area (Å²) in [4.78, 5) is 10.8. The maximum atomic E-state index is 12.3. The Morgan fingerprint density at radius 1 is 1.27 bits per heavy atom. The molecule has 0 saturated heterocycles. The van der Waals surface area contributed by atoms with Gasteiger partial charge in [0, 0.05) is 17.6 Å². The molecule has 1 unspecified atom stereocenters. The Labute approximate surface area is 134 Å². The van der Waals surface area contributed by atoms with Crippen molar-refractivity contribution in [2.24, 2.45) is 5.92 Å². The summed E-state index contributed by atoms with van der Waals surface area (Å²) in [5.74, 6) is 0.0353. The third-order valence-corrected chi connectivity index (χ3v) is 6.42. The number of rotatable bonds is 5. The minimum Gasteiger partial charge on any atom is -0.465 e. The van der Waals surface area contributed by atoms with Gasteiger partial charge in [-0.3, -0.25) is 0 Å². The third-order valence-electron chi connectivity index (χ3n) is 4.09. The Morgan fingerprint density at radius 3 is 2.32 bits per heavy atom. The van der Waals surface area contributed by atoms with Crippen LogP contribution in [0.4, 0.5) is 4.79 Å². The molecule has 130 valence electrons.